The maximum absolute atomic E-state index is 12.3. The lowest BCUT2D eigenvalue weighted by atomic mass is 10.1. The first kappa shape index (κ1) is 19.2. The molecule has 0 heterocycles. The van der Waals surface area contributed by atoms with Gasteiger partial charge in [0.2, 0.25) is 0 Å². The van der Waals surface area contributed by atoms with E-state index in [9.17, 15) is 19.7 Å². The fraction of sp³-hybridized carbons (Fsp3) is 0.176. The van der Waals surface area contributed by atoms with E-state index in [1.807, 2.05) is 0 Å². The SMILES string of the molecule is CNc1ccc([N+](=O)[O-])cc1C(=O)OC(C)C(=O)Nc1ccc(Cl)cc1. The van der Waals surface area contributed by atoms with Gasteiger partial charge < -0.3 is 15.4 Å². The van der Waals surface area contributed by atoms with E-state index < -0.39 is 22.9 Å². The van der Waals surface area contributed by atoms with Crippen molar-refractivity contribution in [3.05, 3.63) is 63.2 Å². The summed E-state index contributed by atoms with van der Waals surface area (Å²) in [5, 5.41) is 16.8. The zero-order chi connectivity index (χ0) is 19.3. The molecule has 2 rings (SSSR count). The third-order valence-electron chi connectivity index (χ3n) is 3.47. The van der Waals surface area contributed by atoms with E-state index in [-0.39, 0.29) is 11.3 Å². The number of esters is 1. The van der Waals surface area contributed by atoms with Crippen LogP contribution in [-0.4, -0.2) is 30.0 Å². The van der Waals surface area contributed by atoms with Crippen LogP contribution in [0.4, 0.5) is 17.1 Å². The Labute approximate surface area is 154 Å². The summed E-state index contributed by atoms with van der Waals surface area (Å²) < 4.78 is 5.13. The minimum Gasteiger partial charge on any atom is -0.449 e. The predicted octanol–water partition coefficient (Wildman–Crippen LogP) is 3.47. The number of hydrogen-bond donors (Lipinski definition) is 2. The molecule has 0 aliphatic carbocycles. The quantitative estimate of drug-likeness (QED) is 0.453. The summed E-state index contributed by atoms with van der Waals surface area (Å²) in [6.07, 6.45) is -1.11. The molecular weight excluding hydrogens is 362 g/mol. The molecule has 0 radical (unpaired) electrons. The average molecular weight is 378 g/mol. The molecule has 0 saturated carbocycles. The molecule has 0 fully saturated rings. The molecule has 26 heavy (non-hydrogen) atoms. The summed E-state index contributed by atoms with van der Waals surface area (Å²) in [7, 11) is 1.56. The fourth-order valence-corrected chi connectivity index (χ4v) is 2.21. The molecule has 2 N–H and O–H groups in total. The number of nitrogens with zero attached hydrogens (tertiary/aromatic N) is 1. The number of hydrogen-bond acceptors (Lipinski definition) is 6. The Morgan fingerprint density at radius 1 is 1.19 bits per heavy atom. The Hall–Kier alpha value is -3.13. The van der Waals surface area contributed by atoms with Gasteiger partial charge in [-0.25, -0.2) is 4.79 Å². The van der Waals surface area contributed by atoms with Gasteiger partial charge in [0, 0.05) is 35.6 Å². The van der Waals surface area contributed by atoms with Crippen LogP contribution in [0.15, 0.2) is 42.5 Å². The number of nitro benzene ring substituents is 1. The highest BCUT2D eigenvalue weighted by Gasteiger charge is 2.23. The van der Waals surface area contributed by atoms with Gasteiger partial charge in [-0.15, -0.1) is 0 Å². The molecule has 0 saturated heterocycles. The number of nitro groups is 1. The van der Waals surface area contributed by atoms with Gasteiger partial charge in [-0.1, -0.05) is 11.6 Å². The summed E-state index contributed by atoms with van der Waals surface area (Å²) in [6.45, 7) is 1.40. The normalized spacial score (nSPS) is 11.3. The van der Waals surface area contributed by atoms with Crippen LogP contribution in [0, 0.1) is 10.1 Å². The minimum absolute atomic E-state index is 0.0344. The van der Waals surface area contributed by atoms with Crippen LogP contribution in [0.1, 0.15) is 17.3 Å². The van der Waals surface area contributed by atoms with Crippen molar-refractivity contribution in [2.75, 3.05) is 17.7 Å². The number of amides is 1. The molecule has 0 bridgehead atoms. The standard InChI is InChI=1S/C17H16ClN3O5/c1-10(16(22)20-12-5-3-11(18)4-6-12)26-17(23)14-9-13(21(24)25)7-8-15(14)19-2/h3-10,19H,1-2H3,(H,20,22). The molecule has 1 unspecified atom stereocenters. The number of carbonyl (C=O) groups excluding carboxylic acids is 2. The van der Waals surface area contributed by atoms with Gasteiger partial charge >= 0.3 is 5.97 Å². The summed E-state index contributed by atoms with van der Waals surface area (Å²) in [5.74, 6) is -1.39. The highest BCUT2D eigenvalue weighted by atomic mass is 35.5. The van der Waals surface area contributed by atoms with Crippen molar-refractivity contribution >= 4 is 40.5 Å². The summed E-state index contributed by atoms with van der Waals surface area (Å²) >= 11 is 5.78. The van der Waals surface area contributed by atoms with Crippen molar-refractivity contribution in [3.63, 3.8) is 0 Å². The van der Waals surface area contributed by atoms with Crippen LogP contribution in [0.3, 0.4) is 0 Å². The van der Waals surface area contributed by atoms with Crippen molar-refractivity contribution in [1.82, 2.24) is 0 Å². The Morgan fingerprint density at radius 2 is 1.85 bits per heavy atom. The van der Waals surface area contributed by atoms with Gasteiger partial charge in [-0.05, 0) is 37.3 Å². The van der Waals surface area contributed by atoms with Crippen LogP contribution in [0.25, 0.3) is 0 Å². The number of anilines is 2. The van der Waals surface area contributed by atoms with Crippen LogP contribution < -0.4 is 10.6 Å². The van der Waals surface area contributed by atoms with Gasteiger partial charge in [0.25, 0.3) is 11.6 Å². The third kappa shape index (κ3) is 4.70. The first-order chi connectivity index (χ1) is 12.3. The van der Waals surface area contributed by atoms with Crippen molar-refractivity contribution in [2.45, 2.75) is 13.0 Å². The number of non-ortho nitro benzene ring substituents is 1. The Morgan fingerprint density at radius 3 is 2.42 bits per heavy atom. The van der Waals surface area contributed by atoms with Gasteiger partial charge in [-0.2, -0.15) is 0 Å². The molecule has 9 heteroatoms. The third-order valence-corrected chi connectivity index (χ3v) is 3.72. The largest absolute Gasteiger partial charge is 0.449 e. The van der Waals surface area contributed by atoms with Gasteiger partial charge in [0.15, 0.2) is 6.10 Å². The van der Waals surface area contributed by atoms with Crippen molar-refractivity contribution in [1.29, 1.82) is 0 Å². The lowest BCUT2D eigenvalue weighted by molar-refractivity contribution is -0.384. The van der Waals surface area contributed by atoms with E-state index in [0.29, 0.717) is 16.4 Å². The number of nitrogens with one attached hydrogen (secondary N) is 2. The lowest BCUT2D eigenvalue weighted by Crippen LogP contribution is -2.30. The van der Waals surface area contributed by atoms with Crippen molar-refractivity contribution in [3.8, 4) is 0 Å². The number of rotatable bonds is 6. The average Bonchev–Trinajstić information content (AvgIpc) is 2.62. The van der Waals surface area contributed by atoms with E-state index >= 15 is 0 Å². The zero-order valence-electron chi connectivity index (χ0n) is 14.0. The van der Waals surface area contributed by atoms with E-state index in [2.05, 4.69) is 10.6 Å². The summed E-state index contributed by atoms with van der Waals surface area (Å²) in [5.41, 5.74) is 0.557. The summed E-state index contributed by atoms with van der Waals surface area (Å²) in [6, 6.07) is 10.2. The topological polar surface area (TPSA) is 111 Å². The zero-order valence-corrected chi connectivity index (χ0v) is 14.7. The first-order valence-corrected chi connectivity index (χ1v) is 7.93. The van der Waals surface area contributed by atoms with Crippen LogP contribution in [-0.2, 0) is 9.53 Å². The molecular formula is C17H16ClN3O5. The van der Waals surface area contributed by atoms with E-state index in [4.69, 9.17) is 16.3 Å². The highest BCUT2D eigenvalue weighted by Crippen LogP contribution is 2.23. The molecule has 0 spiro atoms. The molecule has 2 aromatic carbocycles. The number of benzene rings is 2. The molecule has 0 aliphatic rings. The van der Waals surface area contributed by atoms with Gasteiger partial charge in [-0.3, -0.25) is 14.9 Å². The molecule has 1 amide bonds. The van der Waals surface area contributed by atoms with Crippen molar-refractivity contribution in [2.24, 2.45) is 0 Å². The molecule has 0 aliphatic heterocycles. The highest BCUT2D eigenvalue weighted by molar-refractivity contribution is 6.30. The van der Waals surface area contributed by atoms with E-state index in [1.165, 1.54) is 19.1 Å². The van der Waals surface area contributed by atoms with Crippen molar-refractivity contribution < 1.29 is 19.2 Å². The monoisotopic (exact) mass is 377 g/mol. The van der Waals surface area contributed by atoms with E-state index in [0.717, 1.165) is 6.07 Å². The maximum Gasteiger partial charge on any atom is 0.341 e. The molecule has 136 valence electrons. The number of halogens is 1. The minimum atomic E-state index is -1.11. The van der Waals surface area contributed by atoms with E-state index in [1.54, 1.807) is 31.3 Å². The van der Waals surface area contributed by atoms with Crippen LogP contribution in [0.5, 0.6) is 0 Å². The Balaban J connectivity index is 2.10. The van der Waals surface area contributed by atoms with Gasteiger partial charge in [0.05, 0.1) is 10.5 Å². The predicted molar refractivity (Wildman–Crippen MR) is 97.6 cm³/mol. The van der Waals surface area contributed by atoms with Crippen LogP contribution >= 0.6 is 11.6 Å². The Kier molecular flexibility index (Phi) is 6.13. The second-order valence-electron chi connectivity index (χ2n) is 5.28. The van der Waals surface area contributed by atoms with Gasteiger partial charge in [0.1, 0.15) is 0 Å². The Bertz CT molecular complexity index is 839. The number of carbonyl (C=O) groups is 2. The first-order valence-electron chi connectivity index (χ1n) is 7.55. The molecule has 0 aromatic heterocycles. The van der Waals surface area contributed by atoms with Crippen LogP contribution in [0.2, 0.25) is 5.02 Å². The molecule has 8 nitrogen and oxygen atoms in total. The number of ether oxygens (including phenoxy) is 1. The second kappa shape index (κ2) is 8.30. The maximum atomic E-state index is 12.3. The second-order valence-corrected chi connectivity index (χ2v) is 5.72. The smallest absolute Gasteiger partial charge is 0.341 e. The molecule has 1 atom stereocenters. The summed E-state index contributed by atoms with van der Waals surface area (Å²) in [4.78, 5) is 34.8. The fourth-order valence-electron chi connectivity index (χ4n) is 2.09. The lowest BCUT2D eigenvalue weighted by Gasteiger charge is -2.15. The molecule has 2 aromatic rings.